The van der Waals surface area contributed by atoms with Crippen molar-refractivity contribution in [2.75, 3.05) is 38.2 Å². The third-order valence-electron chi connectivity index (χ3n) is 4.10. The molecule has 132 valence electrons. The van der Waals surface area contributed by atoms with Crippen molar-refractivity contribution in [1.29, 1.82) is 0 Å². The van der Waals surface area contributed by atoms with Crippen LogP contribution >= 0.6 is 0 Å². The molecule has 24 heavy (non-hydrogen) atoms. The summed E-state index contributed by atoms with van der Waals surface area (Å²) in [7, 11) is 0. The van der Waals surface area contributed by atoms with Crippen molar-refractivity contribution >= 4 is 11.6 Å². The van der Waals surface area contributed by atoms with E-state index < -0.39 is 0 Å². The summed E-state index contributed by atoms with van der Waals surface area (Å²) in [5.74, 6) is 2.37. The third-order valence-corrected chi connectivity index (χ3v) is 4.10. The van der Waals surface area contributed by atoms with E-state index in [0.717, 1.165) is 62.1 Å². The zero-order chi connectivity index (χ0) is 16.6. The lowest BCUT2D eigenvalue weighted by molar-refractivity contribution is 0.106. The number of guanidine groups is 1. The lowest BCUT2D eigenvalue weighted by Gasteiger charge is -2.14. The molecule has 1 atom stereocenters. The number of fused-ring (bicyclic) bond motifs is 1. The van der Waals surface area contributed by atoms with Gasteiger partial charge in [-0.3, -0.25) is 4.99 Å². The Morgan fingerprint density at radius 2 is 2.04 bits per heavy atom. The van der Waals surface area contributed by atoms with Crippen LogP contribution in [-0.2, 0) is 4.74 Å². The predicted molar refractivity (Wildman–Crippen MR) is 95.2 cm³/mol. The lowest BCUT2D eigenvalue weighted by atomic mass is 10.2. The van der Waals surface area contributed by atoms with Crippen LogP contribution in [0.3, 0.4) is 0 Å². The molecule has 0 aliphatic carbocycles. The average molecular weight is 333 g/mol. The van der Waals surface area contributed by atoms with E-state index in [-0.39, 0.29) is 0 Å². The Morgan fingerprint density at radius 1 is 1.17 bits per heavy atom. The van der Waals surface area contributed by atoms with Gasteiger partial charge in [0.15, 0.2) is 17.5 Å². The molecule has 0 aromatic heterocycles. The van der Waals surface area contributed by atoms with Crippen LogP contribution in [0.15, 0.2) is 23.2 Å². The quantitative estimate of drug-likeness (QED) is 0.641. The maximum atomic E-state index is 5.74. The molecule has 6 heteroatoms. The van der Waals surface area contributed by atoms with Gasteiger partial charge in [0, 0.05) is 37.9 Å². The fraction of sp³-hybridized carbons (Fsp3) is 0.611. The maximum Gasteiger partial charge on any atom is 0.195 e. The van der Waals surface area contributed by atoms with Gasteiger partial charge in [-0.2, -0.15) is 0 Å². The Hall–Kier alpha value is -1.95. The van der Waals surface area contributed by atoms with E-state index in [2.05, 4.69) is 22.5 Å². The second kappa shape index (κ2) is 8.78. The molecule has 0 saturated carbocycles. The van der Waals surface area contributed by atoms with Gasteiger partial charge in [-0.25, -0.2) is 0 Å². The molecule has 1 fully saturated rings. The molecular weight excluding hydrogens is 306 g/mol. The molecule has 1 unspecified atom stereocenters. The normalized spacial score (nSPS) is 20.5. The number of benzene rings is 1. The smallest absolute Gasteiger partial charge is 0.195 e. The van der Waals surface area contributed by atoms with Gasteiger partial charge in [0.25, 0.3) is 0 Å². The van der Waals surface area contributed by atoms with Crippen LogP contribution < -0.4 is 20.1 Å². The number of aliphatic imine (C=N–C) groups is 1. The summed E-state index contributed by atoms with van der Waals surface area (Å²) >= 11 is 0. The number of anilines is 1. The highest BCUT2D eigenvalue weighted by molar-refractivity contribution is 5.93. The van der Waals surface area contributed by atoms with Crippen molar-refractivity contribution in [1.82, 2.24) is 5.32 Å². The van der Waals surface area contributed by atoms with E-state index in [9.17, 15) is 0 Å². The van der Waals surface area contributed by atoms with Crippen LogP contribution in [0.5, 0.6) is 11.5 Å². The first-order chi connectivity index (χ1) is 11.8. The Bertz CT molecular complexity index is 556. The maximum absolute atomic E-state index is 5.74. The molecule has 1 saturated heterocycles. The topological polar surface area (TPSA) is 64.1 Å². The lowest BCUT2D eigenvalue weighted by Crippen LogP contribution is -2.31. The van der Waals surface area contributed by atoms with Crippen LogP contribution in [0.25, 0.3) is 0 Å². The number of nitrogens with one attached hydrogen (secondary N) is 2. The minimum absolute atomic E-state index is 0.370. The Morgan fingerprint density at radius 3 is 2.83 bits per heavy atom. The summed E-state index contributed by atoms with van der Waals surface area (Å²) in [5.41, 5.74) is 0.941. The molecule has 0 amide bonds. The van der Waals surface area contributed by atoms with Crippen molar-refractivity contribution in [2.24, 2.45) is 4.99 Å². The number of nitrogens with zero attached hydrogens (tertiary/aromatic N) is 1. The summed E-state index contributed by atoms with van der Waals surface area (Å²) in [6, 6.07) is 5.90. The van der Waals surface area contributed by atoms with Gasteiger partial charge >= 0.3 is 0 Å². The predicted octanol–water partition coefficient (Wildman–Crippen LogP) is 2.79. The van der Waals surface area contributed by atoms with Gasteiger partial charge in [0.05, 0.1) is 19.3 Å². The van der Waals surface area contributed by atoms with Crippen LogP contribution in [0.2, 0.25) is 0 Å². The van der Waals surface area contributed by atoms with Crippen LogP contribution in [0.4, 0.5) is 5.69 Å². The highest BCUT2D eigenvalue weighted by atomic mass is 16.5. The van der Waals surface area contributed by atoms with Crippen LogP contribution in [0.1, 0.15) is 32.6 Å². The molecule has 6 nitrogen and oxygen atoms in total. The molecule has 1 aromatic carbocycles. The van der Waals surface area contributed by atoms with Gasteiger partial charge in [-0.1, -0.05) is 0 Å². The fourth-order valence-corrected chi connectivity index (χ4v) is 2.88. The second-order valence-electron chi connectivity index (χ2n) is 6.02. The zero-order valence-electron chi connectivity index (χ0n) is 14.3. The Kier molecular flexibility index (Phi) is 6.18. The van der Waals surface area contributed by atoms with Crippen molar-refractivity contribution in [2.45, 2.75) is 38.7 Å². The van der Waals surface area contributed by atoms with Crippen molar-refractivity contribution in [3.63, 3.8) is 0 Å². The second-order valence-corrected chi connectivity index (χ2v) is 6.02. The minimum atomic E-state index is 0.370. The molecule has 0 spiro atoms. The van der Waals surface area contributed by atoms with E-state index in [4.69, 9.17) is 14.2 Å². The summed E-state index contributed by atoms with van der Waals surface area (Å²) in [6.45, 7) is 5.91. The first kappa shape index (κ1) is 16.9. The summed E-state index contributed by atoms with van der Waals surface area (Å²) < 4.78 is 17.0. The van der Waals surface area contributed by atoms with Gasteiger partial charge in [-0.05, 0) is 38.3 Å². The first-order valence-electron chi connectivity index (χ1n) is 8.92. The summed E-state index contributed by atoms with van der Waals surface area (Å²) in [6.07, 6.45) is 4.57. The Balaban J connectivity index is 1.60. The number of hydrogen-bond donors (Lipinski definition) is 2. The number of ether oxygens (including phenoxy) is 3. The number of hydrogen-bond acceptors (Lipinski definition) is 4. The molecule has 0 radical (unpaired) electrons. The van der Waals surface area contributed by atoms with E-state index in [1.54, 1.807) is 0 Å². The molecule has 2 heterocycles. The standard InChI is InChI=1S/C18H27N3O3/c1-2-19-18(20-9-8-15-5-3-10-22-15)21-14-6-7-16-17(13-14)24-12-4-11-23-16/h6-7,13,15H,2-5,8-12H2,1H3,(H2,19,20,21). The SMILES string of the molecule is CCNC(=NCCC1CCCO1)Nc1ccc2c(c1)OCCCO2. The van der Waals surface area contributed by atoms with Gasteiger partial charge in [-0.15, -0.1) is 0 Å². The largest absolute Gasteiger partial charge is 0.490 e. The molecule has 2 N–H and O–H groups in total. The first-order valence-corrected chi connectivity index (χ1v) is 8.92. The van der Waals surface area contributed by atoms with Gasteiger partial charge in [0.1, 0.15) is 0 Å². The van der Waals surface area contributed by atoms with Crippen LogP contribution in [0, 0.1) is 0 Å². The van der Waals surface area contributed by atoms with E-state index in [1.807, 2.05) is 18.2 Å². The molecule has 1 aromatic rings. The Labute approximate surface area is 143 Å². The van der Waals surface area contributed by atoms with Crippen molar-refractivity contribution < 1.29 is 14.2 Å². The summed E-state index contributed by atoms with van der Waals surface area (Å²) in [4.78, 5) is 4.65. The highest BCUT2D eigenvalue weighted by Crippen LogP contribution is 2.32. The molecule has 0 bridgehead atoms. The van der Waals surface area contributed by atoms with Gasteiger partial charge < -0.3 is 24.8 Å². The van der Waals surface area contributed by atoms with Crippen molar-refractivity contribution in [3.8, 4) is 11.5 Å². The van der Waals surface area contributed by atoms with Crippen molar-refractivity contribution in [3.05, 3.63) is 18.2 Å². The fourth-order valence-electron chi connectivity index (χ4n) is 2.88. The zero-order valence-corrected chi connectivity index (χ0v) is 14.3. The van der Waals surface area contributed by atoms with Gasteiger partial charge in [0.2, 0.25) is 0 Å². The molecule has 3 rings (SSSR count). The molecule has 2 aliphatic rings. The number of rotatable bonds is 5. The monoisotopic (exact) mass is 333 g/mol. The minimum Gasteiger partial charge on any atom is -0.490 e. The van der Waals surface area contributed by atoms with E-state index in [1.165, 1.54) is 6.42 Å². The molecule has 2 aliphatic heterocycles. The van der Waals surface area contributed by atoms with E-state index in [0.29, 0.717) is 19.3 Å². The summed E-state index contributed by atoms with van der Waals surface area (Å²) in [5, 5.41) is 6.61. The van der Waals surface area contributed by atoms with E-state index >= 15 is 0 Å². The molecular formula is C18H27N3O3. The average Bonchev–Trinajstić information content (AvgIpc) is 2.99. The van der Waals surface area contributed by atoms with Crippen LogP contribution in [-0.4, -0.2) is 45.0 Å². The third kappa shape index (κ3) is 4.77. The highest BCUT2D eigenvalue weighted by Gasteiger charge is 2.15.